The van der Waals surface area contributed by atoms with Gasteiger partial charge in [0.1, 0.15) is 0 Å². The van der Waals surface area contributed by atoms with Gasteiger partial charge in [0.15, 0.2) is 0 Å². The van der Waals surface area contributed by atoms with Gasteiger partial charge in [-0.15, -0.1) is 0 Å². The average Bonchev–Trinajstić information content (AvgIpc) is 3.21. The van der Waals surface area contributed by atoms with Crippen molar-refractivity contribution in [1.29, 1.82) is 0 Å². The van der Waals surface area contributed by atoms with Crippen molar-refractivity contribution in [1.82, 2.24) is 14.7 Å². The van der Waals surface area contributed by atoms with Crippen molar-refractivity contribution in [2.75, 3.05) is 46.4 Å². The summed E-state index contributed by atoms with van der Waals surface area (Å²) < 4.78 is 44.5. The SMILES string of the molecule is CC[C@]1(C(=O)N2CCC3(CC2)CN(C)CCO3)C[C@H]2CC[C@@H]1N2CCC(F)(F)F. The first-order chi connectivity index (χ1) is 13.7. The number of piperidine rings is 1. The fourth-order valence-electron chi connectivity index (χ4n) is 6.43. The predicted molar refractivity (Wildman–Crippen MR) is 104 cm³/mol. The van der Waals surface area contributed by atoms with E-state index in [0.717, 1.165) is 45.4 Å². The van der Waals surface area contributed by atoms with Crippen LogP contribution in [0.4, 0.5) is 13.2 Å². The standard InChI is InChI=1S/C21H34F3N3O2/c1-3-20(14-16-4-5-17(20)27(16)11-8-21(22,23)24)18(28)26-9-6-19(7-10-26)15-25(2)12-13-29-19/h16-17H,3-15H2,1-2H3/t16-,17+,20+/m1/s1. The summed E-state index contributed by atoms with van der Waals surface area (Å²) in [7, 11) is 2.11. The van der Waals surface area contributed by atoms with Gasteiger partial charge in [0, 0.05) is 44.8 Å². The predicted octanol–water partition coefficient (Wildman–Crippen LogP) is 2.90. The van der Waals surface area contributed by atoms with E-state index < -0.39 is 18.0 Å². The Balaban J connectivity index is 1.42. The zero-order valence-corrected chi connectivity index (χ0v) is 17.6. The van der Waals surface area contributed by atoms with Crippen LogP contribution in [0.1, 0.15) is 51.9 Å². The molecular formula is C21H34F3N3O2. The molecule has 8 heteroatoms. The van der Waals surface area contributed by atoms with Crippen LogP contribution in [0.5, 0.6) is 0 Å². The summed E-state index contributed by atoms with van der Waals surface area (Å²) >= 11 is 0. The summed E-state index contributed by atoms with van der Waals surface area (Å²) in [4.78, 5) is 19.9. The van der Waals surface area contributed by atoms with E-state index in [1.807, 2.05) is 16.7 Å². The number of fused-ring (bicyclic) bond motifs is 2. The number of nitrogens with zero attached hydrogens (tertiary/aromatic N) is 3. The maximum atomic E-state index is 13.7. The lowest BCUT2D eigenvalue weighted by atomic mass is 9.70. The lowest BCUT2D eigenvalue weighted by Gasteiger charge is -2.48. The number of carbonyl (C=O) groups is 1. The molecule has 3 atom stereocenters. The highest BCUT2D eigenvalue weighted by Crippen LogP contribution is 2.53. The smallest absolute Gasteiger partial charge is 0.372 e. The van der Waals surface area contributed by atoms with E-state index in [1.54, 1.807) is 0 Å². The fourth-order valence-corrected chi connectivity index (χ4v) is 6.43. The van der Waals surface area contributed by atoms with E-state index in [2.05, 4.69) is 11.9 Å². The Kier molecular flexibility index (Phi) is 5.66. The number of halogens is 3. The number of morpholine rings is 1. The van der Waals surface area contributed by atoms with Gasteiger partial charge in [-0.05, 0) is 45.6 Å². The molecule has 29 heavy (non-hydrogen) atoms. The van der Waals surface area contributed by atoms with Gasteiger partial charge in [-0.2, -0.15) is 13.2 Å². The van der Waals surface area contributed by atoms with Crippen molar-refractivity contribution < 1.29 is 22.7 Å². The molecule has 5 nitrogen and oxygen atoms in total. The molecule has 4 aliphatic rings. The minimum atomic E-state index is -4.14. The maximum absolute atomic E-state index is 13.7. The maximum Gasteiger partial charge on any atom is 0.390 e. The van der Waals surface area contributed by atoms with Crippen molar-refractivity contribution in [2.45, 2.75) is 75.7 Å². The quantitative estimate of drug-likeness (QED) is 0.705. The molecule has 1 spiro atoms. The largest absolute Gasteiger partial charge is 0.390 e. The molecule has 166 valence electrons. The zero-order valence-electron chi connectivity index (χ0n) is 17.6. The van der Waals surface area contributed by atoms with E-state index in [4.69, 9.17) is 4.74 Å². The first-order valence-corrected chi connectivity index (χ1v) is 11.1. The topological polar surface area (TPSA) is 36.0 Å². The van der Waals surface area contributed by atoms with E-state index in [0.29, 0.717) is 25.9 Å². The van der Waals surface area contributed by atoms with Gasteiger partial charge >= 0.3 is 6.18 Å². The molecule has 2 bridgehead atoms. The van der Waals surface area contributed by atoms with Gasteiger partial charge < -0.3 is 14.5 Å². The number of rotatable bonds is 4. The molecule has 0 unspecified atom stereocenters. The monoisotopic (exact) mass is 417 g/mol. The molecule has 4 saturated heterocycles. The molecule has 0 saturated carbocycles. The fraction of sp³-hybridized carbons (Fsp3) is 0.952. The summed E-state index contributed by atoms with van der Waals surface area (Å²) in [5.74, 6) is 0.170. The Labute approximate surface area is 171 Å². The van der Waals surface area contributed by atoms with Crippen LogP contribution in [-0.4, -0.2) is 90.8 Å². The van der Waals surface area contributed by atoms with Gasteiger partial charge in [-0.25, -0.2) is 0 Å². The second kappa shape index (κ2) is 7.68. The number of likely N-dealkylation sites (N-methyl/N-ethyl adjacent to an activating group) is 1. The van der Waals surface area contributed by atoms with Crippen molar-refractivity contribution in [3.63, 3.8) is 0 Å². The Hall–Kier alpha value is -0.860. The molecular weight excluding hydrogens is 383 g/mol. The van der Waals surface area contributed by atoms with Crippen LogP contribution in [-0.2, 0) is 9.53 Å². The zero-order chi connectivity index (χ0) is 20.9. The highest BCUT2D eigenvalue weighted by atomic mass is 19.4. The van der Waals surface area contributed by atoms with Crippen LogP contribution in [0.25, 0.3) is 0 Å². The van der Waals surface area contributed by atoms with Crippen LogP contribution < -0.4 is 0 Å². The number of ether oxygens (including phenoxy) is 1. The van der Waals surface area contributed by atoms with E-state index in [9.17, 15) is 18.0 Å². The van der Waals surface area contributed by atoms with Gasteiger partial charge in [0.25, 0.3) is 0 Å². The Morgan fingerprint density at radius 1 is 1.17 bits per heavy atom. The van der Waals surface area contributed by atoms with Crippen LogP contribution in [0, 0.1) is 5.41 Å². The summed E-state index contributed by atoms with van der Waals surface area (Å²) in [5, 5.41) is 0. The van der Waals surface area contributed by atoms with Crippen LogP contribution in [0.3, 0.4) is 0 Å². The molecule has 0 N–H and O–H groups in total. The van der Waals surface area contributed by atoms with E-state index >= 15 is 0 Å². The normalized spacial score (nSPS) is 35.6. The third-order valence-electron chi connectivity index (χ3n) is 7.99. The van der Waals surface area contributed by atoms with Crippen LogP contribution in [0.2, 0.25) is 0 Å². The Morgan fingerprint density at radius 3 is 2.52 bits per heavy atom. The summed E-state index contributed by atoms with van der Waals surface area (Å²) in [6.45, 7) is 6.02. The lowest BCUT2D eigenvalue weighted by Crippen LogP contribution is -2.59. The first kappa shape index (κ1) is 21.4. The summed E-state index contributed by atoms with van der Waals surface area (Å²) in [6, 6.07) is 0.0815. The minimum Gasteiger partial charge on any atom is -0.372 e. The second-order valence-corrected chi connectivity index (χ2v) is 9.63. The summed E-state index contributed by atoms with van der Waals surface area (Å²) in [5.41, 5.74) is -0.653. The van der Waals surface area contributed by atoms with Crippen molar-refractivity contribution >= 4 is 5.91 Å². The third kappa shape index (κ3) is 3.92. The van der Waals surface area contributed by atoms with E-state index in [-0.39, 0.29) is 30.1 Å². The van der Waals surface area contributed by atoms with Gasteiger partial charge in [-0.1, -0.05) is 6.92 Å². The highest BCUT2D eigenvalue weighted by molar-refractivity contribution is 5.84. The van der Waals surface area contributed by atoms with Crippen LogP contribution >= 0.6 is 0 Å². The number of alkyl halides is 3. The number of likely N-dealkylation sites (tertiary alicyclic amines) is 1. The molecule has 0 radical (unpaired) electrons. The second-order valence-electron chi connectivity index (χ2n) is 9.63. The van der Waals surface area contributed by atoms with Crippen molar-refractivity contribution in [3.05, 3.63) is 0 Å². The number of hydrogen-bond acceptors (Lipinski definition) is 4. The molecule has 0 aliphatic carbocycles. The van der Waals surface area contributed by atoms with E-state index in [1.165, 1.54) is 0 Å². The molecule has 4 heterocycles. The molecule has 0 aromatic rings. The molecule has 4 fully saturated rings. The van der Waals surface area contributed by atoms with Crippen LogP contribution in [0.15, 0.2) is 0 Å². The molecule has 4 rings (SSSR count). The molecule has 0 aromatic heterocycles. The van der Waals surface area contributed by atoms with Gasteiger partial charge in [0.2, 0.25) is 5.91 Å². The van der Waals surface area contributed by atoms with Gasteiger partial charge in [-0.3, -0.25) is 9.69 Å². The summed E-state index contributed by atoms with van der Waals surface area (Å²) in [6.07, 6.45) is -0.0688. The van der Waals surface area contributed by atoms with Crippen molar-refractivity contribution in [2.24, 2.45) is 5.41 Å². The Morgan fingerprint density at radius 2 is 1.90 bits per heavy atom. The molecule has 4 aliphatic heterocycles. The lowest BCUT2D eigenvalue weighted by molar-refractivity contribution is -0.158. The highest BCUT2D eigenvalue weighted by Gasteiger charge is 2.60. The third-order valence-corrected chi connectivity index (χ3v) is 7.99. The molecule has 0 aromatic carbocycles. The van der Waals surface area contributed by atoms with Gasteiger partial charge in [0.05, 0.1) is 24.0 Å². The first-order valence-electron chi connectivity index (χ1n) is 11.1. The number of carbonyl (C=O) groups excluding carboxylic acids is 1. The minimum absolute atomic E-state index is 0.0249. The number of hydrogen-bond donors (Lipinski definition) is 0. The average molecular weight is 418 g/mol. The number of amides is 1. The Bertz CT molecular complexity index is 621. The molecule has 1 amide bonds. The van der Waals surface area contributed by atoms with Crippen molar-refractivity contribution in [3.8, 4) is 0 Å².